The molecule has 0 aliphatic carbocycles. The van der Waals surface area contributed by atoms with Gasteiger partial charge in [-0.25, -0.2) is 0 Å². The summed E-state index contributed by atoms with van der Waals surface area (Å²) in [5, 5.41) is 2.81. The zero-order valence-electron chi connectivity index (χ0n) is 13.1. The normalized spacial score (nSPS) is 10.3. The van der Waals surface area contributed by atoms with Crippen LogP contribution in [0.3, 0.4) is 0 Å². The molecule has 1 N–H and O–H groups in total. The lowest BCUT2D eigenvalue weighted by molar-refractivity contribution is -0.133. The zero-order chi connectivity index (χ0) is 16.1. The van der Waals surface area contributed by atoms with Crippen molar-refractivity contribution in [1.29, 1.82) is 0 Å². The van der Waals surface area contributed by atoms with E-state index < -0.39 is 0 Å². The van der Waals surface area contributed by atoms with E-state index in [9.17, 15) is 9.59 Å². The molecule has 2 amide bonds. The maximum absolute atomic E-state index is 12.1. The summed E-state index contributed by atoms with van der Waals surface area (Å²) in [7, 11) is 0. The van der Waals surface area contributed by atoms with E-state index in [1.807, 2.05) is 32.0 Å². The summed E-state index contributed by atoms with van der Waals surface area (Å²) in [4.78, 5) is 25.2. The Labute approximate surface area is 129 Å². The first-order valence-corrected chi connectivity index (χ1v) is 7.10. The van der Waals surface area contributed by atoms with Crippen LogP contribution >= 0.6 is 0 Å². The van der Waals surface area contributed by atoms with Gasteiger partial charge in [-0.1, -0.05) is 6.07 Å². The minimum atomic E-state index is -0.231. The lowest BCUT2D eigenvalue weighted by atomic mass is 10.1. The number of rotatable bonds is 5. The first-order valence-electron chi connectivity index (χ1n) is 7.10. The summed E-state index contributed by atoms with van der Waals surface area (Å²) in [6.45, 7) is 5.71. The predicted octanol–water partition coefficient (Wildman–Crippen LogP) is 2.88. The Bertz CT molecular complexity index is 663. The van der Waals surface area contributed by atoms with Crippen LogP contribution in [-0.4, -0.2) is 23.3 Å². The van der Waals surface area contributed by atoms with Gasteiger partial charge in [0.1, 0.15) is 12.3 Å². The fourth-order valence-electron chi connectivity index (χ4n) is 2.06. The standard InChI is InChI=1S/C17H20N2O3/c1-12-6-7-15(9-13(12)2)18-17(21)11-19(14(3)20)10-16-5-4-8-22-16/h4-9H,10-11H2,1-3H3,(H,18,21). The fourth-order valence-corrected chi connectivity index (χ4v) is 2.06. The molecule has 0 atom stereocenters. The average Bonchev–Trinajstić information content (AvgIpc) is 2.95. The minimum Gasteiger partial charge on any atom is -0.467 e. The number of nitrogens with zero attached hydrogens (tertiary/aromatic N) is 1. The number of hydrogen-bond donors (Lipinski definition) is 1. The van der Waals surface area contributed by atoms with E-state index in [-0.39, 0.29) is 24.9 Å². The second kappa shape index (κ2) is 6.93. The molecule has 1 aromatic heterocycles. The highest BCUT2D eigenvalue weighted by molar-refractivity contribution is 5.94. The van der Waals surface area contributed by atoms with Gasteiger partial charge in [0, 0.05) is 12.6 Å². The predicted molar refractivity (Wildman–Crippen MR) is 84.3 cm³/mol. The largest absolute Gasteiger partial charge is 0.467 e. The van der Waals surface area contributed by atoms with Crippen molar-refractivity contribution in [2.24, 2.45) is 0 Å². The van der Waals surface area contributed by atoms with E-state index in [0.29, 0.717) is 5.76 Å². The molecule has 22 heavy (non-hydrogen) atoms. The average molecular weight is 300 g/mol. The molecule has 0 spiro atoms. The van der Waals surface area contributed by atoms with Crippen molar-refractivity contribution in [2.45, 2.75) is 27.3 Å². The Kier molecular flexibility index (Phi) is 4.99. The van der Waals surface area contributed by atoms with Crippen molar-refractivity contribution in [3.63, 3.8) is 0 Å². The second-order valence-electron chi connectivity index (χ2n) is 5.30. The van der Waals surface area contributed by atoms with Crippen LogP contribution in [0.2, 0.25) is 0 Å². The Balaban J connectivity index is 1.98. The van der Waals surface area contributed by atoms with Crippen LogP contribution < -0.4 is 5.32 Å². The van der Waals surface area contributed by atoms with Crippen molar-refractivity contribution < 1.29 is 14.0 Å². The van der Waals surface area contributed by atoms with Gasteiger partial charge in [0.05, 0.1) is 12.8 Å². The quantitative estimate of drug-likeness (QED) is 0.923. The Morgan fingerprint density at radius 3 is 2.55 bits per heavy atom. The molecule has 1 heterocycles. The Morgan fingerprint density at radius 2 is 1.95 bits per heavy atom. The van der Waals surface area contributed by atoms with Gasteiger partial charge in [0.15, 0.2) is 0 Å². The highest BCUT2D eigenvalue weighted by Gasteiger charge is 2.15. The van der Waals surface area contributed by atoms with E-state index in [0.717, 1.165) is 11.3 Å². The molecular weight excluding hydrogens is 280 g/mol. The molecule has 116 valence electrons. The first kappa shape index (κ1) is 15.8. The van der Waals surface area contributed by atoms with Crippen molar-refractivity contribution in [3.8, 4) is 0 Å². The summed E-state index contributed by atoms with van der Waals surface area (Å²) in [6, 6.07) is 9.25. The molecule has 0 unspecified atom stereocenters. The molecule has 5 nitrogen and oxygen atoms in total. The highest BCUT2D eigenvalue weighted by atomic mass is 16.3. The summed E-state index contributed by atoms with van der Waals surface area (Å²) in [5.74, 6) is 0.242. The number of amides is 2. The van der Waals surface area contributed by atoms with Crippen molar-refractivity contribution in [3.05, 3.63) is 53.5 Å². The Hall–Kier alpha value is -2.56. The van der Waals surface area contributed by atoms with Crippen molar-refractivity contribution >= 4 is 17.5 Å². The lowest BCUT2D eigenvalue weighted by Crippen LogP contribution is -2.36. The summed E-state index contributed by atoms with van der Waals surface area (Å²) in [5.41, 5.74) is 3.01. The number of aryl methyl sites for hydroxylation is 2. The lowest BCUT2D eigenvalue weighted by Gasteiger charge is -2.19. The van der Waals surface area contributed by atoms with Crippen LogP contribution in [-0.2, 0) is 16.1 Å². The van der Waals surface area contributed by atoms with Gasteiger partial charge < -0.3 is 14.6 Å². The van der Waals surface area contributed by atoms with E-state index >= 15 is 0 Å². The van der Waals surface area contributed by atoms with Crippen LogP contribution in [0, 0.1) is 13.8 Å². The van der Waals surface area contributed by atoms with E-state index in [2.05, 4.69) is 5.32 Å². The minimum absolute atomic E-state index is 0.0110. The summed E-state index contributed by atoms with van der Waals surface area (Å²) < 4.78 is 5.22. The third-order valence-corrected chi connectivity index (χ3v) is 3.50. The van der Waals surface area contributed by atoms with Gasteiger partial charge in [-0.15, -0.1) is 0 Å². The maximum atomic E-state index is 12.1. The van der Waals surface area contributed by atoms with Crippen LogP contribution in [0.25, 0.3) is 0 Å². The highest BCUT2D eigenvalue weighted by Crippen LogP contribution is 2.14. The molecule has 0 aliphatic rings. The topological polar surface area (TPSA) is 62.6 Å². The van der Waals surface area contributed by atoms with Gasteiger partial charge in [0.2, 0.25) is 11.8 Å². The van der Waals surface area contributed by atoms with E-state index in [1.165, 1.54) is 17.4 Å². The van der Waals surface area contributed by atoms with E-state index in [4.69, 9.17) is 4.42 Å². The summed E-state index contributed by atoms with van der Waals surface area (Å²) >= 11 is 0. The van der Waals surface area contributed by atoms with Gasteiger partial charge in [-0.05, 0) is 49.2 Å². The number of carbonyl (C=O) groups excluding carboxylic acids is 2. The van der Waals surface area contributed by atoms with Crippen molar-refractivity contribution in [1.82, 2.24) is 4.90 Å². The molecule has 2 aromatic rings. The number of carbonyl (C=O) groups is 2. The first-order chi connectivity index (χ1) is 10.5. The number of anilines is 1. The second-order valence-corrected chi connectivity index (χ2v) is 5.30. The van der Waals surface area contributed by atoms with Crippen LogP contribution in [0.15, 0.2) is 41.0 Å². The molecule has 0 bridgehead atoms. The molecule has 0 fully saturated rings. The number of hydrogen-bond acceptors (Lipinski definition) is 3. The molecular formula is C17H20N2O3. The third-order valence-electron chi connectivity index (χ3n) is 3.50. The van der Waals surface area contributed by atoms with E-state index in [1.54, 1.807) is 18.4 Å². The molecule has 0 saturated heterocycles. The SMILES string of the molecule is CC(=O)N(CC(=O)Nc1ccc(C)c(C)c1)Cc1ccco1. The Morgan fingerprint density at radius 1 is 1.18 bits per heavy atom. The maximum Gasteiger partial charge on any atom is 0.244 e. The zero-order valence-corrected chi connectivity index (χ0v) is 13.1. The molecule has 5 heteroatoms. The van der Waals surface area contributed by atoms with Crippen LogP contribution in [0.4, 0.5) is 5.69 Å². The van der Waals surface area contributed by atoms with Crippen molar-refractivity contribution in [2.75, 3.05) is 11.9 Å². The van der Waals surface area contributed by atoms with Gasteiger partial charge in [-0.3, -0.25) is 9.59 Å². The smallest absolute Gasteiger partial charge is 0.244 e. The number of furan rings is 1. The fraction of sp³-hybridized carbons (Fsp3) is 0.294. The monoisotopic (exact) mass is 300 g/mol. The van der Waals surface area contributed by atoms with Gasteiger partial charge >= 0.3 is 0 Å². The third kappa shape index (κ3) is 4.22. The number of benzene rings is 1. The van der Waals surface area contributed by atoms with Gasteiger partial charge in [0.25, 0.3) is 0 Å². The summed E-state index contributed by atoms with van der Waals surface area (Å²) in [6.07, 6.45) is 1.54. The van der Waals surface area contributed by atoms with Crippen LogP contribution in [0.5, 0.6) is 0 Å². The molecule has 2 rings (SSSR count). The molecule has 0 radical (unpaired) electrons. The molecule has 0 saturated carbocycles. The number of nitrogens with one attached hydrogen (secondary N) is 1. The van der Waals surface area contributed by atoms with Crippen LogP contribution in [0.1, 0.15) is 23.8 Å². The molecule has 1 aromatic carbocycles. The molecule has 0 aliphatic heterocycles. The van der Waals surface area contributed by atoms with Gasteiger partial charge in [-0.2, -0.15) is 0 Å².